The van der Waals surface area contributed by atoms with Crippen LogP contribution >= 0.6 is 0 Å². The van der Waals surface area contributed by atoms with Crippen LogP contribution < -0.4 is 5.32 Å². The molecular formula is C26H32N4O2. The van der Waals surface area contributed by atoms with Crippen LogP contribution in [0.3, 0.4) is 0 Å². The van der Waals surface area contributed by atoms with E-state index in [1.54, 1.807) is 0 Å². The molecule has 32 heavy (non-hydrogen) atoms. The number of fused-ring (bicyclic) bond motifs is 1. The summed E-state index contributed by atoms with van der Waals surface area (Å²) < 4.78 is 7.54. The maximum atomic E-state index is 13.4. The molecule has 0 radical (unpaired) electrons. The summed E-state index contributed by atoms with van der Waals surface area (Å²) >= 11 is 0. The second-order valence-corrected chi connectivity index (χ2v) is 8.99. The van der Waals surface area contributed by atoms with E-state index < -0.39 is 0 Å². The average Bonchev–Trinajstić information content (AvgIpc) is 3.23. The number of nitrogens with zero attached hydrogens (tertiary/aromatic N) is 3. The maximum absolute atomic E-state index is 13.4. The van der Waals surface area contributed by atoms with Crippen LogP contribution in [-0.2, 0) is 11.3 Å². The van der Waals surface area contributed by atoms with Crippen LogP contribution in [0.15, 0.2) is 48.7 Å². The fourth-order valence-electron chi connectivity index (χ4n) is 5.21. The maximum Gasteiger partial charge on any atom is 0.274 e. The molecular weight excluding hydrogens is 400 g/mol. The number of hydrogen-bond donors (Lipinski definition) is 1. The highest BCUT2D eigenvalue weighted by Gasteiger charge is 2.29. The molecule has 3 heterocycles. The number of pyridine rings is 1. The molecule has 168 valence electrons. The van der Waals surface area contributed by atoms with Crippen LogP contribution in [0.4, 0.5) is 0 Å². The number of rotatable bonds is 5. The van der Waals surface area contributed by atoms with Gasteiger partial charge in [-0.05, 0) is 42.9 Å². The Balaban J connectivity index is 1.44. The van der Waals surface area contributed by atoms with Crippen molar-refractivity contribution in [1.82, 2.24) is 19.6 Å². The van der Waals surface area contributed by atoms with Gasteiger partial charge in [-0.1, -0.05) is 49.2 Å². The molecule has 3 aromatic rings. The number of amides is 1. The summed E-state index contributed by atoms with van der Waals surface area (Å²) in [5.41, 5.74) is 4.88. The van der Waals surface area contributed by atoms with Gasteiger partial charge in [0.1, 0.15) is 5.65 Å². The van der Waals surface area contributed by atoms with Crippen molar-refractivity contribution in [2.75, 3.05) is 26.3 Å². The summed E-state index contributed by atoms with van der Waals surface area (Å²) in [5, 5.41) is 3.83. The molecule has 2 atom stereocenters. The standard InChI is InChI=1S/C26H32N4O2/c1-19-8-7-13-30-23(24(28-25(19)30)26(31)29-14-16-32-17-15-29)18-27-22-12-6-5-11-21(22)20-9-3-2-4-10-20/h2-4,7-10,13,21-22,27H,5-6,11-12,14-18H2,1H3/t21-,22+/m0/s1. The number of aryl methyl sites for hydroxylation is 1. The molecule has 2 aromatic heterocycles. The fourth-order valence-corrected chi connectivity index (χ4v) is 5.21. The van der Waals surface area contributed by atoms with Crippen molar-refractivity contribution in [3.05, 3.63) is 71.2 Å². The van der Waals surface area contributed by atoms with Crippen LogP contribution in [-0.4, -0.2) is 52.5 Å². The van der Waals surface area contributed by atoms with Gasteiger partial charge in [-0.25, -0.2) is 4.98 Å². The predicted molar refractivity (Wildman–Crippen MR) is 125 cm³/mol. The Morgan fingerprint density at radius 2 is 1.88 bits per heavy atom. The van der Waals surface area contributed by atoms with Gasteiger partial charge in [0.2, 0.25) is 0 Å². The number of benzene rings is 1. The molecule has 1 saturated carbocycles. The van der Waals surface area contributed by atoms with E-state index in [-0.39, 0.29) is 5.91 Å². The zero-order valence-corrected chi connectivity index (χ0v) is 18.8. The molecule has 2 aliphatic rings. The Kier molecular flexibility index (Phi) is 6.23. The van der Waals surface area contributed by atoms with Crippen LogP contribution in [0.1, 0.15) is 58.9 Å². The first-order valence-electron chi connectivity index (χ1n) is 11.8. The number of carbonyl (C=O) groups excluding carboxylic acids is 1. The van der Waals surface area contributed by atoms with Gasteiger partial charge in [0.15, 0.2) is 5.69 Å². The Hall–Kier alpha value is -2.70. The molecule has 1 aliphatic carbocycles. The number of hydrogen-bond acceptors (Lipinski definition) is 4. The molecule has 1 saturated heterocycles. The topological polar surface area (TPSA) is 58.9 Å². The fraction of sp³-hybridized carbons (Fsp3) is 0.462. The molecule has 1 aromatic carbocycles. The van der Waals surface area contributed by atoms with E-state index in [1.807, 2.05) is 17.2 Å². The summed E-state index contributed by atoms with van der Waals surface area (Å²) in [6.07, 6.45) is 6.90. The Labute approximate surface area is 189 Å². The minimum atomic E-state index is 0.0106. The first kappa shape index (κ1) is 21.2. The van der Waals surface area contributed by atoms with E-state index >= 15 is 0 Å². The normalized spacial score (nSPS) is 21.7. The largest absolute Gasteiger partial charge is 0.378 e. The van der Waals surface area contributed by atoms with Crippen molar-refractivity contribution in [3.63, 3.8) is 0 Å². The van der Waals surface area contributed by atoms with Crippen LogP contribution in [0.5, 0.6) is 0 Å². The smallest absolute Gasteiger partial charge is 0.274 e. The lowest BCUT2D eigenvalue weighted by atomic mass is 9.80. The number of aromatic nitrogens is 2. The zero-order chi connectivity index (χ0) is 21.9. The molecule has 6 nitrogen and oxygen atoms in total. The lowest BCUT2D eigenvalue weighted by molar-refractivity contribution is 0.0298. The van der Waals surface area contributed by atoms with Gasteiger partial charge in [0, 0.05) is 31.9 Å². The quantitative estimate of drug-likeness (QED) is 0.664. The monoisotopic (exact) mass is 432 g/mol. The van der Waals surface area contributed by atoms with Gasteiger partial charge in [-0.15, -0.1) is 0 Å². The van der Waals surface area contributed by atoms with Crippen LogP contribution in [0, 0.1) is 6.92 Å². The van der Waals surface area contributed by atoms with E-state index in [4.69, 9.17) is 9.72 Å². The molecule has 1 N–H and O–H groups in total. The number of imidazole rings is 1. The zero-order valence-electron chi connectivity index (χ0n) is 18.8. The molecule has 1 amide bonds. The van der Waals surface area contributed by atoms with E-state index in [1.165, 1.54) is 24.8 Å². The van der Waals surface area contributed by atoms with E-state index in [2.05, 4.69) is 53.0 Å². The molecule has 6 heteroatoms. The second-order valence-electron chi connectivity index (χ2n) is 8.99. The highest BCUT2D eigenvalue weighted by atomic mass is 16.5. The minimum Gasteiger partial charge on any atom is -0.378 e. The van der Waals surface area contributed by atoms with Crippen molar-refractivity contribution in [1.29, 1.82) is 0 Å². The number of morpholine rings is 1. The summed E-state index contributed by atoms with van der Waals surface area (Å²) in [7, 11) is 0. The summed E-state index contributed by atoms with van der Waals surface area (Å²) in [6.45, 7) is 5.10. The molecule has 0 unspecified atom stereocenters. The highest BCUT2D eigenvalue weighted by Crippen LogP contribution is 2.33. The van der Waals surface area contributed by atoms with Crippen molar-refractivity contribution < 1.29 is 9.53 Å². The molecule has 0 spiro atoms. The molecule has 2 fully saturated rings. The Morgan fingerprint density at radius 3 is 2.69 bits per heavy atom. The lowest BCUT2D eigenvalue weighted by Crippen LogP contribution is -2.42. The first-order chi connectivity index (χ1) is 15.7. The van der Waals surface area contributed by atoms with Gasteiger partial charge in [-0.3, -0.25) is 4.79 Å². The number of ether oxygens (including phenoxy) is 1. The molecule has 5 rings (SSSR count). The van der Waals surface area contributed by atoms with Gasteiger partial charge in [0.25, 0.3) is 5.91 Å². The third-order valence-electron chi connectivity index (χ3n) is 6.97. The van der Waals surface area contributed by atoms with Crippen LogP contribution in [0.2, 0.25) is 0 Å². The number of nitrogens with one attached hydrogen (secondary N) is 1. The lowest BCUT2D eigenvalue weighted by Gasteiger charge is -2.33. The van der Waals surface area contributed by atoms with Gasteiger partial charge < -0.3 is 19.4 Å². The SMILES string of the molecule is Cc1cccn2c(CN[C@@H]3CCCC[C@H]3c3ccccc3)c(C(=O)N3CCOCC3)nc12. The first-order valence-corrected chi connectivity index (χ1v) is 11.8. The predicted octanol–water partition coefficient (Wildman–Crippen LogP) is 3.93. The highest BCUT2D eigenvalue weighted by molar-refractivity contribution is 5.94. The average molecular weight is 433 g/mol. The third kappa shape index (κ3) is 4.17. The van der Waals surface area contributed by atoms with E-state index in [9.17, 15) is 4.79 Å². The Bertz CT molecular complexity index is 1070. The van der Waals surface area contributed by atoms with Crippen molar-refractivity contribution in [3.8, 4) is 0 Å². The Morgan fingerprint density at radius 1 is 1.09 bits per heavy atom. The molecule has 1 aliphatic heterocycles. The van der Waals surface area contributed by atoms with Crippen molar-refractivity contribution in [2.24, 2.45) is 0 Å². The van der Waals surface area contributed by atoms with Crippen molar-refractivity contribution >= 4 is 11.6 Å². The van der Waals surface area contributed by atoms with Gasteiger partial charge in [-0.2, -0.15) is 0 Å². The van der Waals surface area contributed by atoms with E-state index in [0.717, 1.165) is 23.3 Å². The van der Waals surface area contributed by atoms with Gasteiger partial charge >= 0.3 is 0 Å². The second kappa shape index (κ2) is 9.43. The summed E-state index contributed by atoms with van der Waals surface area (Å²) in [6, 6.07) is 15.3. The van der Waals surface area contributed by atoms with E-state index in [0.29, 0.717) is 50.5 Å². The minimum absolute atomic E-state index is 0.0106. The van der Waals surface area contributed by atoms with Crippen LogP contribution in [0.25, 0.3) is 5.65 Å². The summed E-state index contributed by atoms with van der Waals surface area (Å²) in [5.74, 6) is 0.515. The van der Waals surface area contributed by atoms with Crippen molar-refractivity contribution in [2.45, 2.75) is 51.1 Å². The van der Waals surface area contributed by atoms with Gasteiger partial charge in [0.05, 0.1) is 18.9 Å². The molecule has 0 bridgehead atoms. The third-order valence-corrected chi connectivity index (χ3v) is 6.97. The summed E-state index contributed by atoms with van der Waals surface area (Å²) in [4.78, 5) is 20.1. The number of carbonyl (C=O) groups is 1.